The Morgan fingerprint density at radius 2 is 1.93 bits per heavy atom. The van der Waals surface area contributed by atoms with Crippen LogP contribution in [0.25, 0.3) is 0 Å². The number of hydrogen-bond donors (Lipinski definition) is 0. The molecule has 0 spiro atoms. The van der Waals surface area contributed by atoms with Crippen molar-refractivity contribution in [2.45, 2.75) is 6.42 Å². The van der Waals surface area contributed by atoms with Gasteiger partial charge in [0, 0.05) is 18.3 Å². The van der Waals surface area contributed by atoms with Crippen LogP contribution >= 0.6 is 11.6 Å². The molecule has 0 unspecified atom stereocenters. The summed E-state index contributed by atoms with van der Waals surface area (Å²) in [5, 5.41) is 18.0. The molecule has 28 heavy (non-hydrogen) atoms. The fourth-order valence-electron chi connectivity index (χ4n) is 2.66. The molecule has 0 bridgehead atoms. The number of anilines is 1. The summed E-state index contributed by atoms with van der Waals surface area (Å²) >= 11 is 6.08. The number of carbonyl (C=O) groups excluding carboxylic acids is 1. The summed E-state index contributed by atoms with van der Waals surface area (Å²) in [5.74, 6) is 1.13. The Morgan fingerprint density at radius 3 is 2.64 bits per heavy atom. The molecule has 2 aromatic rings. The minimum Gasteiger partial charge on any atom is -0.486 e. The molecule has 0 N–H and O–H groups in total. The summed E-state index contributed by atoms with van der Waals surface area (Å²) in [6.45, 7) is 0.844. The van der Waals surface area contributed by atoms with Crippen molar-refractivity contribution in [3.8, 4) is 29.4 Å². The summed E-state index contributed by atoms with van der Waals surface area (Å²) < 4.78 is 16.6. The molecule has 0 aromatic heterocycles. The van der Waals surface area contributed by atoms with Gasteiger partial charge in [0.15, 0.2) is 18.1 Å². The second kappa shape index (κ2) is 8.98. The Morgan fingerprint density at radius 1 is 1.14 bits per heavy atom. The minimum atomic E-state index is -0.340. The van der Waals surface area contributed by atoms with Gasteiger partial charge in [-0.3, -0.25) is 4.79 Å². The van der Waals surface area contributed by atoms with Crippen LogP contribution in [0.1, 0.15) is 12.0 Å². The predicted molar refractivity (Wildman–Crippen MR) is 102 cm³/mol. The Hall–Kier alpha value is -3.42. The molecule has 8 heteroatoms. The van der Waals surface area contributed by atoms with Crippen LogP contribution in [0.5, 0.6) is 17.2 Å². The molecule has 1 heterocycles. The van der Waals surface area contributed by atoms with Crippen molar-refractivity contribution in [3.63, 3.8) is 0 Å². The summed E-state index contributed by atoms with van der Waals surface area (Å²) in [4.78, 5) is 14.2. The van der Waals surface area contributed by atoms with Crippen molar-refractivity contribution >= 4 is 23.2 Å². The second-order valence-corrected chi connectivity index (χ2v) is 6.23. The normalized spacial score (nSPS) is 11.8. The quantitative estimate of drug-likeness (QED) is 0.742. The van der Waals surface area contributed by atoms with E-state index in [4.69, 9.17) is 36.3 Å². The van der Waals surface area contributed by atoms with Crippen LogP contribution < -0.4 is 19.1 Å². The van der Waals surface area contributed by atoms with Gasteiger partial charge in [-0.25, -0.2) is 0 Å². The first-order valence-electron chi connectivity index (χ1n) is 8.52. The number of carbonyl (C=O) groups is 1. The van der Waals surface area contributed by atoms with E-state index in [0.717, 1.165) is 0 Å². The first-order chi connectivity index (χ1) is 13.6. The van der Waals surface area contributed by atoms with Gasteiger partial charge in [0.25, 0.3) is 5.91 Å². The number of hydrogen-bond acceptors (Lipinski definition) is 6. The van der Waals surface area contributed by atoms with E-state index in [2.05, 4.69) is 0 Å². The molecule has 142 valence electrons. The molecule has 0 saturated heterocycles. The van der Waals surface area contributed by atoms with Crippen molar-refractivity contribution in [1.29, 1.82) is 10.5 Å². The fourth-order valence-corrected chi connectivity index (χ4v) is 2.90. The zero-order chi connectivity index (χ0) is 19.9. The van der Waals surface area contributed by atoms with Crippen molar-refractivity contribution in [2.24, 2.45) is 0 Å². The molecule has 0 atom stereocenters. The average molecular weight is 398 g/mol. The lowest BCUT2D eigenvalue weighted by Crippen LogP contribution is -2.35. The molecule has 0 fully saturated rings. The zero-order valence-corrected chi connectivity index (χ0v) is 15.6. The maximum Gasteiger partial charge on any atom is 0.264 e. The lowest BCUT2D eigenvalue weighted by molar-refractivity contribution is -0.120. The van der Waals surface area contributed by atoms with Gasteiger partial charge in [-0.15, -0.1) is 0 Å². The molecule has 7 nitrogen and oxygen atoms in total. The Labute approximate surface area is 167 Å². The van der Waals surface area contributed by atoms with E-state index in [-0.39, 0.29) is 30.5 Å². The van der Waals surface area contributed by atoms with Crippen LogP contribution in [0.4, 0.5) is 5.69 Å². The molecule has 1 aliphatic heterocycles. The Balaban J connectivity index is 1.75. The lowest BCUT2D eigenvalue weighted by atomic mass is 10.2. The van der Waals surface area contributed by atoms with Crippen LogP contribution in [-0.4, -0.2) is 32.3 Å². The summed E-state index contributed by atoms with van der Waals surface area (Å²) in [6, 6.07) is 13.8. The topological polar surface area (TPSA) is 95.6 Å². The molecule has 0 saturated carbocycles. The number of rotatable bonds is 6. The molecule has 0 aliphatic carbocycles. The lowest BCUT2D eigenvalue weighted by Gasteiger charge is -2.25. The van der Waals surface area contributed by atoms with E-state index >= 15 is 0 Å². The molecular weight excluding hydrogens is 382 g/mol. The van der Waals surface area contributed by atoms with Crippen LogP contribution in [-0.2, 0) is 4.79 Å². The van der Waals surface area contributed by atoms with E-state index in [1.165, 1.54) is 17.0 Å². The molecular formula is C20H16ClN3O4. The summed E-state index contributed by atoms with van der Waals surface area (Å²) in [6.07, 6.45) is 0.164. The summed E-state index contributed by atoms with van der Waals surface area (Å²) in [7, 11) is 0. The molecule has 2 aromatic carbocycles. The smallest absolute Gasteiger partial charge is 0.264 e. The van der Waals surface area contributed by atoms with Gasteiger partial charge in [-0.1, -0.05) is 11.6 Å². The molecule has 1 amide bonds. The monoisotopic (exact) mass is 397 g/mol. The van der Waals surface area contributed by atoms with Crippen LogP contribution in [0, 0.1) is 22.7 Å². The van der Waals surface area contributed by atoms with Crippen molar-refractivity contribution < 1.29 is 19.0 Å². The molecule has 0 radical (unpaired) electrons. The van der Waals surface area contributed by atoms with Gasteiger partial charge in [0.05, 0.1) is 29.1 Å². The highest BCUT2D eigenvalue weighted by Crippen LogP contribution is 2.34. The van der Waals surface area contributed by atoms with Gasteiger partial charge in [0.1, 0.15) is 19.0 Å². The third kappa shape index (κ3) is 4.46. The number of fused-ring (bicyclic) bond motifs is 1. The van der Waals surface area contributed by atoms with Crippen molar-refractivity contribution in [1.82, 2.24) is 0 Å². The zero-order valence-electron chi connectivity index (χ0n) is 14.9. The first kappa shape index (κ1) is 19.3. The van der Waals surface area contributed by atoms with E-state index in [0.29, 0.717) is 41.7 Å². The number of amides is 1. The Bertz CT molecular complexity index is 965. The average Bonchev–Trinajstić information content (AvgIpc) is 2.73. The van der Waals surface area contributed by atoms with Gasteiger partial charge in [0.2, 0.25) is 0 Å². The van der Waals surface area contributed by atoms with Crippen LogP contribution in [0.3, 0.4) is 0 Å². The number of nitrogens with zero attached hydrogens (tertiary/aromatic N) is 3. The number of ether oxygens (including phenoxy) is 3. The van der Waals surface area contributed by atoms with Crippen LogP contribution in [0.15, 0.2) is 36.4 Å². The highest BCUT2D eigenvalue weighted by atomic mass is 35.5. The first-order valence-corrected chi connectivity index (χ1v) is 8.89. The highest BCUT2D eigenvalue weighted by molar-refractivity contribution is 6.32. The summed E-state index contributed by atoms with van der Waals surface area (Å²) in [5.41, 5.74) is 0.981. The SMILES string of the molecule is N#CCCN(C(=O)COc1ccc(C#N)cc1Cl)c1ccc2c(c1)OCCO2. The highest BCUT2D eigenvalue weighted by Gasteiger charge is 2.20. The fraction of sp³-hybridized carbons (Fsp3) is 0.250. The second-order valence-electron chi connectivity index (χ2n) is 5.83. The Kier molecular flexibility index (Phi) is 6.21. The van der Waals surface area contributed by atoms with Crippen LogP contribution in [0.2, 0.25) is 5.02 Å². The largest absolute Gasteiger partial charge is 0.486 e. The number of halogens is 1. The number of nitriles is 2. The van der Waals surface area contributed by atoms with E-state index in [1.807, 2.05) is 12.1 Å². The van der Waals surface area contributed by atoms with E-state index in [9.17, 15) is 4.79 Å². The third-order valence-electron chi connectivity index (χ3n) is 4.00. The van der Waals surface area contributed by atoms with Gasteiger partial charge >= 0.3 is 0 Å². The maximum absolute atomic E-state index is 12.7. The standard InChI is InChI=1S/C20H16ClN3O4/c21-16-10-14(12-23)2-4-17(16)28-13-20(25)24(7-1-6-22)15-3-5-18-19(11-15)27-9-8-26-18/h2-5,10-11H,1,7-9,13H2. The van der Waals surface area contributed by atoms with Crippen molar-refractivity contribution in [3.05, 3.63) is 47.0 Å². The van der Waals surface area contributed by atoms with Crippen molar-refractivity contribution in [2.75, 3.05) is 31.3 Å². The predicted octanol–water partition coefficient (Wildman–Crippen LogP) is 3.31. The molecule has 3 rings (SSSR count). The minimum absolute atomic E-state index is 0.164. The molecule has 1 aliphatic rings. The third-order valence-corrected chi connectivity index (χ3v) is 4.29. The van der Waals surface area contributed by atoms with Gasteiger partial charge in [-0.2, -0.15) is 10.5 Å². The van der Waals surface area contributed by atoms with Gasteiger partial charge < -0.3 is 19.1 Å². The van der Waals surface area contributed by atoms with E-state index in [1.54, 1.807) is 24.3 Å². The van der Waals surface area contributed by atoms with Gasteiger partial charge in [-0.05, 0) is 30.3 Å². The maximum atomic E-state index is 12.7. The van der Waals surface area contributed by atoms with E-state index < -0.39 is 0 Å². The number of benzene rings is 2.